The molecule has 0 amide bonds. The van der Waals surface area contributed by atoms with Crippen molar-refractivity contribution in [1.29, 1.82) is 0 Å². The minimum absolute atomic E-state index is 0.114. The van der Waals surface area contributed by atoms with E-state index in [1.165, 1.54) is 5.56 Å². The number of aliphatic imine (C=N–C) groups is 1. The van der Waals surface area contributed by atoms with Crippen LogP contribution in [0.3, 0.4) is 0 Å². The van der Waals surface area contributed by atoms with E-state index in [-0.39, 0.29) is 6.10 Å². The van der Waals surface area contributed by atoms with E-state index in [1.54, 1.807) is 0 Å². The van der Waals surface area contributed by atoms with Gasteiger partial charge in [-0.1, -0.05) is 12.1 Å². The van der Waals surface area contributed by atoms with E-state index >= 15 is 0 Å². The smallest absolute Gasteiger partial charge is 0.192 e. The van der Waals surface area contributed by atoms with Crippen molar-refractivity contribution in [2.75, 3.05) is 39.4 Å². The fourth-order valence-corrected chi connectivity index (χ4v) is 3.42. The van der Waals surface area contributed by atoms with Crippen LogP contribution in [-0.4, -0.2) is 71.1 Å². The summed E-state index contributed by atoms with van der Waals surface area (Å²) in [5, 5.41) is 15.2. The maximum Gasteiger partial charge on any atom is 0.192 e. The van der Waals surface area contributed by atoms with Crippen molar-refractivity contribution in [1.82, 2.24) is 30.3 Å². The monoisotopic (exact) mass is 443 g/mol. The number of benzene rings is 1. The van der Waals surface area contributed by atoms with Crippen molar-refractivity contribution in [2.45, 2.75) is 46.9 Å². The zero-order valence-electron chi connectivity index (χ0n) is 20.0. The maximum atomic E-state index is 6.02. The van der Waals surface area contributed by atoms with Crippen molar-refractivity contribution >= 4 is 5.96 Å². The Kier molecular flexibility index (Phi) is 8.87. The van der Waals surface area contributed by atoms with E-state index in [0.717, 1.165) is 68.3 Å². The summed E-state index contributed by atoms with van der Waals surface area (Å²) < 4.78 is 13.4. The molecule has 1 saturated heterocycles. The second-order valence-corrected chi connectivity index (χ2v) is 8.40. The zero-order chi connectivity index (χ0) is 22.9. The Labute approximate surface area is 191 Å². The van der Waals surface area contributed by atoms with Crippen molar-refractivity contribution in [2.24, 2.45) is 12.0 Å². The van der Waals surface area contributed by atoms with E-state index in [0.29, 0.717) is 13.1 Å². The van der Waals surface area contributed by atoms with Crippen LogP contribution in [0.2, 0.25) is 0 Å². The Morgan fingerprint density at radius 1 is 1.19 bits per heavy atom. The lowest BCUT2D eigenvalue weighted by atomic mass is 10.1. The van der Waals surface area contributed by atoms with Gasteiger partial charge in [-0.25, -0.2) is 4.99 Å². The van der Waals surface area contributed by atoms with Crippen molar-refractivity contribution in [3.63, 3.8) is 0 Å². The number of ether oxygens (including phenoxy) is 2. The number of nitrogens with zero attached hydrogens (tertiary/aromatic N) is 5. The third-order valence-electron chi connectivity index (χ3n) is 5.41. The molecule has 1 fully saturated rings. The third-order valence-corrected chi connectivity index (χ3v) is 5.41. The van der Waals surface area contributed by atoms with Crippen LogP contribution in [-0.2, 0) is 24.9 Å². The van der Waals surface area contributed by atoms with Crippen LogP contribution >= 0.6 is 0 Å². The lowest BCUT2D eigenvalue weighted by Crippen LogP contribution is -2.44. The molecule has 3 rings (SSSR count). The third kappa shape index (κ3) is 7.20. The molecular formula is C23H37N7O2. The summed E-state index contributed by atoms with van der Waals surface area (Å²) in [6.45, 7) is 14.5. The topological polar surface area (TPSA) is 88.8 Å². The predicted octanol–water partition coefficient (Wildman–Crippen LogP) is 1.79. The molecule has 0 bridgehead atoms. The highest BCUT2D eigenvalue weighted by Crippen LogP contribution is 2.22. The Bertz CT molecular complexity index is 888. The van der Waals surface area contributed by atoms with Gasteiger partial charge in [0, 0.05) is 38.8 Å². The summed E-state index contributed by atoms with van der Waals surface area (Å²) >= 11 is 0. The van der Waals surface area contributed by atoms with Gasteiger partial charge < -0.3 is 24.7 Å². The molecule has 2 heterocycles. The number of morpholine rings is 1. The number of hydrogen-bond acceptors (Lipinski definition) is 6. The lowest BCUT2D eigenvalue weighted by molar-refractivity contribution is 0.0389. The van der Waals surface area contributed by atoms with Gasteiger partial charge in [0.25, 0.3) is 0 Å². The Morgan fingerprint density at radius 2 is 1.97 bits per heavy atom. The molecule has 1 aliphatic rings. The summed E-state index contributed by atoms with van der Waals surface area (Å²) in [5.74, 6) is 3.38. The van der Waals surface area contributed by atoms with Gasteiger partial charge in [0.15, 0.2) is 11.8 Å². The minimum Gasteiger partial charge on any atom is -0.491 e. The quantitative estimate of drug-likeness (QED) is 0.451. The van der Waals surface area contributed by atoms with Gasteiger partial charge in [-0.15, -0.1) is 10.2 Å². The molecule has 0 spiro atoms. The Morgan fingerprint density at radius 3 is 2.66 bits per heavy atom. The van der Waals surface area contributed by atoms with E-state index < -0.39 is 0 Å². The van der Waals surface area contributed by atoms with Crippen LogP contribution in [0.4, 0.5) is 0 Å². The number of rotatable bonds is 9. The van der Waals surface area contributed by atoms with Crippen LogP contribution < -0.4 is 15.4 Å². The molecule has 176 valence electrons. The van der Waals surface area contributed by atoms with Crippen LogP contribution in [0.1, 0.15) is 36.6 Å². The van der Waals surface area contributed by atoms with Crippen LogP contribution in [0, 0.1) is 13.8 Å². The molecule has 9 nitrogen and oxygen atoms in total. The SMILES string of the molecule is Cc1ccc(CN=C(NCCN2CCOCC2)NCc2nnc(C)n2C)c(OC(C)C)c1. The molecule has 2 aromatic rings. The predicted molar refractivity (Wildman–Crippen MR) is 126 cm³/mol. The van der Waals surface area contributed by atoms with Crippen LogP contribution in [0.15, 0.2) is 23.2 Å². The van der Waals surface area contributed by atoms with Crippen molar-refractivity contribution < 1.29 is 9.47 Å². The number of nitrogens with one attached hydrogen (secondary N) is 2. The van der Waals surface area contributed by atoms with E-state index in [1.807, 2.05) is 32.4 Å². The van der Waals surface area contributed by atoms with Gasteiger partial charge in [-0.3, -0.25) is 4.90 Å². The largest absolute Gasteiger partial charge is 0.491 e. The van der Waals surface area contributed by atoms with Gasteiger partial charge in [-0.05, 0) is 39.3 Å². The maximum absolute atomic E-state index is 6.02. The molecule has 0 aliphatic carbocycles. The molecule has 1 aromatic heterocycles. The summed E-state index contributed by atoms with van der Waals surface area (Å²) in [7, 11) is 1.97. The molecule has 1 aliphatic heterocycles. The van der Waals surface area contributed by atoms with Crippen molar-refractivity contribution in [3.8, 4) is 5.75 Å². The van der Waals surface area contributed by atoms with E-state index in [9.17, 15) is 0 Å². The minimum atomic E-state index is 0.114. The standard InChI is InChI=1S/C23H37N7O2/c1-17(2)32-21-14-18(3)6-7-20(21)15-25-23(24-8-9-30-10-12-31-13-11-30)26-16-22-28-27-19(4)29(22)5/h6-7,14,17H,8-13,15-16H2,1-5H3,(H2,24,25,26). The molecule has 0 saturated carbocycles. The molecular weight excluding hydrogens is 406 g/mol. The molecule has 32 heavy (non-hydrogen) atoms. The first-order chi connectivity index (χ1) is 15.4. The highest BCUT2D eigenvalue weighted by Gasteiger charge is 2.11. The van der Waals surface area contributed by atoms with Gasteiger partial charge in [-0.2, -0.15) is 0 Å². The molecule has 1 aromatic carbocycles. The molecule has 0 radical (unpaired) electrons. The number of aryl methyl sites for hydroxylation is 2. The molecule has 0 atom stereocenters. The average Bonchev–Trinajstić information content (AvgIpc) is 3.09. The highest BCUT2D eigenvalue weighted by molar-refractivity contribution is 5.79. The zero-order valence-corrected chi connectivity index (χ0v) is 20.0. The van der Waals surface area contributed by atoms with Gasteiger partial charge in [0.1, 0.15) is 11.6 Å². The first kappa shape index (κ1) is 24.0. The van der Waals surface area contributed by atoms with Gasteiger partial charge >= 0.3 is 0 Å². The van der Waals surface area contributed by atoms with E-state index in [4.69, 9.17) is 14.5 Å². The van der Waals surface area contributed by atoms with Gasteiger partial charge in [0.2, 0.25) is 0 Å². The molecule has 0 unspecified atom stereocenters. The highest BCUT2D eigenvalue weighted by atomic mass is 16.5. The molecule has 9 heteroatoms. The normalized spacial score (nSPS) is 15.2. The van der Waals surface area contributed by atoms with Gasteiger partial charge in [0.05, 0.1) is 32.4 Å². The second kappa shape index (κ2) is 11.8. The fraction of sp³-hybridized carbons (Fsp3) is 0.609. The van der Waals surface area contributed by atoms with Crippen LogP contribution in [0.25, 0.3) is 0 Å². The Balaban J connectivity index is 1.67. The number of hydrogen-bond donors (Lipinski definition) is 2. The Hall–Kier alpha value is -2.65. The molecule has 2 N–H and O–H groups in total. The first-order valence-corrected chi connectivity index (χ1v) is 11.4. The number of guanidine groups is 1. The first-order valence-electron chi connectivity index (χ1n) is 11.4. The van der Waals surface area contributed by atoms with Crippen molar-refractivity contribution in [3.05, 3.63) is 41.0 Å². The summed E-state index contributed by atoms with van der Waals surface area (Å²) in [6, 6.07) is 6.26. The van der Waals surface area contributed by atoms with E-state index in [2.05, 4.69) is 50.9 Å². The van der Waals surface area contributed by atoms with Crippen LogP contribution in [0.5, 0.6) is 5.75 Å². The lowest BCUT2D eigenvalue weighted by Gasteiger charge is -2.26. The fourth-order valence-electron chi connectivity index (χ4n) is 3.42. The summed E-state index contributed by atoms with van der Waals surface area (Å²) in [6.07, 6.45) is 0.114. The second-order valence-electron chi connectivity index (χ2n) is 8.40. The number of aromatic nitrogens is 3. The average molecular weight is 444 g/mol. The summed E-state index contributed by atoms with van der Waals surface area (Å²) in [5.41, 5.74) is 2.24. The summed E-state index contributed by atoms with van der Waals surface area (Å²) in [4.78, 5) is 7.24.